The van der Waals surface area contributed by atoms with E-state index in [1.54, 1.807) is 4.68 Å². The molecule has 0 bridgehead atoms. The predicted octanol–water partition coefficient (Wildman–Crippen LogP) is 2.67. The van der Waals surface area contributed by atoms with Gasteiger partial charge in [0.1, 0.15) is 5.15 Å². The molecule has 20 heavy (non-hydrogen) atoms. The first-order valence-electron chi connectivity index (χ1n) is 5.98. The molecule has 5 nitrogen and oxygen atoms in total. The summed E-state index contributed by atoms with van der Waals surface area (Å²) in [6.45, 7) is 4.25. The highest BCUT2D eigenvalue weighted by Gasteiger charge is 2.14. The summed E-state index contributed by atoms with van der Waals surface area (Å²) in [5.74, 6) is -0.290. The van der Waals surface area contributed by atoms with Crippen LogP contribution in [0.2, 0.25) is 10.2 Å². The Morgan fingerprint density at radius 3 is 2.70 bits per heavy atom. The smallest absolute Gasteiger partial charge is 0.253 e. The summed E-state index contributed by atoms with van der Waals surface area (Å²) in [7, 11) is 1.87. The number of hydrogen-bond acceptors (Lipinski definition) is 3. The third-order valence-electron chi connectivity index (χ3n) is 3.15. The van der Waals surface area contributed by atoms with E-state index in [-0.39, 0.29) is 16.1 Å². The van der Waals surface area contributed by atoms with Crippen LogP contribution >= 0.6 is 23.2 Å². The zero-order valence-electron chi connectivity index (χ0n) is 11.4. The summed E-state index contributed by atoms with van der Waals surface area (Å²) in [6, 6.07) is 1.45. The van der Waals surface area contributed by atoms with Crippen LogP contribution in [0.15, 0.2) is 12.3 Å². The van der Waals surface area contributed by atoms with Gasteiger partial charge in [-0.25, -0.2) is 4.98 Å². The van der Waals surface area contributed by atoms with E-state index in [4.69, 9.17) is 23.2 Å². The van der Waals surface area contributed by atoms with Crippen molar-refractivity contribution in [3.8, 4) is 0 Å². The van der Waals surface area contributed by atoms with Gasteiger partial charge in [-0.3, -0.25) is 9.48 Å². The molecule has 0 radical (unpaired) electrons. The van der Waals surface area contributed by atoms with E-state index in [1.165, 1.54) is 12.3 Å². The fourth-order valence-corrected chi connectivity index (χ4v) is 2.27. The lowest BCUT2D eigenvalue weighted by Crippen LogP contribution is -2.23. The van der Waals surface area contributed by atoms with Crippen molar-refractivity contribution in [1.29, 1.82) is 0 Å². The number of aryl methyl sites for hydroxylation is 2. The lowest BCUT2D eigenvalue weighted by Gasteiger charge is -2.07. The summed E-state index contributed by atoms with van der Waals surface area (Å²) in [5, 5.41) is 7.62. The minimum absolute atomic E-state index is 0.230. The second-order valence-corrected chi connectivity index (χ2v) is 5.24. The number of pyridine rings is 1. The summed E-state index contributed by atoms with van der Waals surface area (Å²) in [6.07, 6.45) is 1.36. The number of carbonyl (C=O) groups is 1. The fraction of sp³-hybridized carbons (Fsp3) is 0.308. The molecule has 2 aromatic rings. The number of hydrogen-bond donors (Lipinski definition) is 1. The number of amides is 1. The molecule has 0 unspecified atom stereocenters. The van der Waals surface area contributed by atoms with Crippen molar-refractivity contribution in [3.05, 3.63) is 45.0 Å². The van der Waals surface area contributed by atoms with Crippen LogP contribution in [-0.4, -0.2) is 20.7 Å². The Bertz CT molecular complexity index is 667. The van der Waals surface area contributed by atoms with Crippen LogP contribution < -0.4 is 5.32 Å². The first-order chi connectivity index (χ1) is 9.40. The molecule has 2 aromatic heterocycles. The minimum Gasteiger partial charge on any atom is -0.348 e. The van der Waals surface area contributed by atoms with Crippen LogP contribution in [0, 0.1) is 13.8 Å². The van der Waals surface area contributed by atoms with Gasteiger partial charge < -0.3 is 5.32 Å². The maximum Gasteiger partial charge on any atom is 0.253 e. The lowest BCUT2D eigenvalue weighted by molar-refractivity contribution is 0.0951. The SMILES string of the molecule is Cc1nn(C)c(C)c1CNC(=O)c1cc(Cl)ncc1Cl. The number of nitrogens with zero attached hydrogens (tertiary/aromatic N) is 3. The first-order valence-corrected chi connectivity index (χ1v) is 6.74. The van der Waals surface area contributed by atoms with Gasteiger partial charge in [-0.1, -0.05) is 23.2 Å². The summed E-state index contributed by atoms with van der Waals surface area (Å²) in [4.78, 5) is 15.9. The van der Waals surface area contributed by atoms with Crippen LogP contribution in [0.5, 0.6) is 0 Å². The maximum atomic E-state index is 12.1. The van der Waals surface area contributed by atoms with Gasteiger partial charge in [0, 0.05) is 31.0 Å². The molecule has 106 valence electrons. The Labute approximate surface area is 126 Å². The monoisotopic (exact) mass is 312 g/mol. The molecule has 0 saturated heterocycles. The Hall–Kier alpha value is -1.59. The summed E-state index contributed by atoms with van der Waals surface area (Å²) < 4.78 is 1.78. The van der Waals surface area contributed by atoms with Gasteiger partial charge in [0.15, 0.2) is 0 Å². The molecular formula is C13H14Cl2N4O. The minimum atomic E-state index is -0.290. The zero-order chi connectivity index (χ0) is 14.9. The number of rotatable bonds is 3. The van der Waals surface area contributed by atoms with Crippen LogP contribution in [0.3, 0.4) is 0 Å². The lowest BCUT2D eigenvalue weighted by atomic mass is 10.2. The molecule has 2 rings (SSSR count). The van der Waals surface area contributed by atoms with Crippen LogP contribution in [0.25, 0.3) is 0 Å². The van der Waals surface area contributed by atoms with Crippen molar-refractivity contribution in [3.63, 3.8) is 0 Å². The van der Waals surface area contributed by atoms with E-state index in [1.807, 2.05) is 20.9 Å². The molecule has 1 N–H and O–H groups in total. The van der Waals surface area contributed by atoms with E-state index >= 15 is 0 Å². The van der Waals surface area contributed by atoms with E-state index < -0.39 is 0 Å². The highest BCUT2D eigenvalue weighted by Crippen LogP contribution is 2.18. The van der Waals surface area contributed by atoms with Crippen LogP contribution in [-0.2, 0) is 13.6 Å². The summed E-state index contributed by atoms with van der Waals surface area (Å²) >= 11 is 11.7. The van der Waals surface area contributed by atoms with Gasteiger partial charge in [0.2, 0.25) is 0 Å². The molecule has 0 aliphatic carbocycles. The van der Waals surface area contributed by atoms with Gasteiger partial charge in [0.05, 0.1) is 16.3 Å². The average Bonchev–Trinajstić information content (AvgIpc) is 2.64. The predicted molar refractivity (Wildman–Crippen MR) is 78.1 cm³/mol. The highest BCUT2D eigenvalue weighted by molar-refractivity contribution is 6.35. The third kappa shape index (κ3) is 2.94. The van der Waals surface area contributed by atoms with Crippen molar-refractivity contribution in [2.75, 3.05) is 0 Å². The number of nitrogens with one attached hydrogen (secondary N) is 1. The van der Waals surface area contributed by atoms with Gasteiger partial charge in [-0.2, -0.15) is 5.10 Å². The standard InChI is InChI=1S/C13H14Cl2N4O/c1-7-10(8(2)19(3)18-7)5-17-13(20)9-4-12(15)16-6-11(9)14/h4,6H,5H2,1-3H3,(H,17,20). The van der Waals surface area contributed by atoms with Gasteiger partial charge in [-0.15, -0.1) is 0 Å². The van der Waals surface area contributed by atoms with Crippen LogP contribution in [0.1, 0.15) is 27.3 Å². The van der Waals surface area contributed by atoms with Crippen molar-refractivity contribution in [2.45, 2.75) is 20.4 Å². The highest BCUT2D eigenvalue weighted by atomic mass is 35.5. The Morgan fingerprint density at radius 2 is 2.10 bits per heavy atom. The molecule has 0 fully saturated rings. The molecule has 7 heteroatoms. The van der Waals surface area contributed by atoms with Crippen molar-refractivity contribution in [1.82, 2.24) is 20.1 Å². The van der Waals surface area contributed by atoms with Gasteiger partial charge in [-0.05, 0) is 19.9 Å². The number of aromatic nitrogens is 3. The molecule has 1 amide bonds. The average molecular weight is 313 g/mol. The number of halogens is 2. The maximum absolute atomic E-state index is 12.1. The molecule has 0 aliphatic heterocycles. The van der Waals surface area contributed by atoms with Gasteiger partial charge in [0.25, 0.3) is 5.91 Å². The Kier molecular flexibility index (Phi) is 4.30. The van der Waals surface area contributed by atoms with Crippen LogP contribution in [0.4, 0.5) is 0 Å². The van der Waals surface area contributed by atoms with Crippen molar-refractivity contribution >= 4 is 29.1 Å². The summed E-state index contributed by atoms with van der Waals surface area (Å²) in [5.41, 5.74) is 3.22. The van der Waals surface area contributed by atoms with Crippen molar-refractivity contribution < 1.29 is 4.79 Å². The Balaban J connectivity index is 2.15. The fourth-order valence-electron chi connectivity index (χ4n) is 1.92. The van der Waals surface area contributed by atoms with E-state index in [0.717, 1.165) is 17.0 Å². The van der Waals surface area contributed by atoms with Crippen molar-refractivity contribution in [2.24, 2.45) is 7.05 Å². The van der Waals surface area contributed by atoms with E-state index in [0.29, 0.717) is 12.1 Å². The van der Waals surface area contributed by atoms with E-state index in [9.17, 15) is 4.79 Å². The molecule has 0 aliphatic rings. The largest absolute Gasteiger partial charge is 0.348 e. The normalized spacial score (nSPS) is 10.7. The quantitative estimate of drug-likeness (QED) is 0.886. The molecule has 0 spiro atoms. The zero-order valence-corrected chi connectivity index (χ0v) is 12.9. The third-order valence-corrected chi connectivity index (χ3v) is 3.66. The molecule has 0 aromatic carbocycles. The van der Waals surface area contributed by atoms with Gasteiger partial charge >= 0.3 is 0 Å². The second-order valence-electron chi connectivity index (χ2n) is 4.44. The second kappa shape index (κ2) is 5.81. The molecular weight excluding hydrogens is 299 g/mol. The topological polar surface area (TPSA) is 59.8 Å². The molecule has 2 heterocycles. The Morgan fingerprint density at radius 1 is 1.40 bits per heavy atom. The first kappa shape index (κ1) is 14.8. The molecule has 0 saturated carbocycles. The number of carbonyl (C=O) groups excluding carboxylic acids is 1. The van der Waals surface area contributed by atoms with E-state index in [2.05, 4.69) is 15.4 Å². The molecule has 0 atom stereocenters.